The van der Waals surface area contributed by atoms with Crippen LogP contribution >= 0.6 is 0 Å². The second-order valence-corrected chi connectivity index (χ2v) is 6.26. The normalized spacial score (nSPS) is 26.2. The fourth-order valence-electron chi connectivity index (χ4n) is 3.45. The van der Waals surface area contributed by atoms with E-state index < -0.39 is 5.97 Å². The van der Waals surface area contributed by atoms with Crippen molar-refractivity contribution in [2.24, 2.45) is 11.8 Å². The molecule has 0 saturated heterocycles. The van der Waals surface area contributed by atoms with Crippen LogP contribution in [0.15, 0.2) is 18.2 Å². The number of anilines is 2. The van der Waals surface area contributed by atoms with Crippen LogP contribution in [0.2, 0.25) is 0 Å². The number of carboxylic acids is 1. The summed E-state index contributed by atoms with van der Waals surface area (Å²) in [6, 6.07) is 5.54. The number of nitrogen functional groups attached to an aromatic ring is 1. The minimum absolute atomic E-state index is 0.290. The lowest BCUT2D eigenvalue weighted by Gasteiger charge is -2.39. The van der Waals surface area contributed by atoms with E-state index in [1.54, 1.807) is 12.1 Å². The Hall–Kier alpha value is -1.71. The van der Waals surface area contributed by atoms with Gasteiger partial charge in [-0.1, -0.05) is 13.8 Å². The topological polar surface area (TPSA) is 66.6 Å². The minimum atomic E-state index is -0.920. The summed E-state index contributed by atoms with van der Waals surface area (Å²) in [5, 5.41) is 9.36. The van der Waals surface area contributed by atoms with Crippen molar-refractivity contribution >= 4 is 17.3 Å². The van der Waals surface area contributed by atoms with E-state index in [0.29, 0.717) is 29.1 Å². The fraction of sp³-hybridized carbons (Fsp3) is 0.562. The molecule has 1 aromatic carbocycles. The third kappa shape index (κ3) is 3.06. The average Bonchev–Trinajstić information content (AvgIpc) is 2.36. The van der Waals surface area contributed by atoms with Crippen LogP contribution in [-0.2, 0) is 0 Å². The van der Waals surface area contributed by atoms with E-state index in [9.17, 15) is 9.90 Å². The van der Waals surface area contributed by atoms with Gasteiger partial charge in [0.15, 0.2) is 0 Å². The number of carboxylic acid groups (broad SMARTS) is 1. The molecule has 0 amide bonds. The quantitative estimate of drug-likeness (QED) is 0.832. The number of carbonyl (C=O) groups is 1. The number of nitrogens with two attached hydrogens (primary N) is 1. The van der Waals surface area contributed by atoms with Gasteiger partial charge in [0.2, 0.25) is 0 Å². The molecule has 0 aliphatic heterocycles. The predicted octanol–water partition coefficient (Wildman–Crippen LogP) is 3.23. The molecule has 1 aliphatic rings. The molecule has 1 aromatic rings. The molecule has 0 bridgehead atoms. The Kier molecular flexibility index (Phi) is 4.21. The first-order chi connectivity index (χ1) is 9.38. The van der Waals surface area contributed by atoms with E-state index in [2.05, 4.69) is 18.7 Å². The van der Waals surface area contributed by atoms with Crippen LogP contribution in [0.1, 0.15) is 43.5 Å². The molecule has 1 fully saturated rings. The van der Waals surface area contributed by atoms with Crippen molar-refractivity contribution in [1.29, 1.82) is 0 Å². The number of benzene rings is 1. The van der Waals surface area contributed by atoms with Gasteiger partial charge >= 0.3 is 5.97 Å². The van der Waals surface area contributed by atoms with Crippen molar-refractivity contribution in [3.05, 3.63) is 23.8 Å². The second kappa shape index (κ2) is 5.73. The highest BCUT2D eigenvalue weighted by molar-refractivity contribution is 5.95. The molecule has 0 radical (unpaired) electrons. The molecule has 0 aromatic heterocycles. The molecule has 3 N–H and O–H groups in total. The van der Waals surface area contributed by atoms with Crippen molar-refractivity contribution in [3.63, 3.8) is 0 Å². The van der Waals surface area contributed by atoms with E-state index >= 15 is 0 Å². The molecule has 2 rings (SSSR count). The molecular weight excluding hydrogens is 252 g/mol. The molecule has 1 saturated carbocycles. The molecule has 2 unspecified atom stereocenters. The zero-order valence-electron chi connectivity index (χ0n) is 12.5. The van der Waals surface area contributed by atoms with Crippen LogP contribution in [0.3, 0.4) is 0 Å². The van der Waals surface area contributed by atoms with Gasteiger partial charge in [-0.05, 0) is 49.3 Å². The molecule has 1 aliphatic carbocycles. The molecule has 0 spiro atoms. The predicted molar refractivity (Wildman–Crippen MR) is 82.2 cm³/mol. The largest absolute Gasteiger partial charge is 0.478 e. The van der Waals surface area contributed by atoms with E-state index in [4.69, 9.17) is 5.73 Å². The third-order valence-electron chi connectivity index (χ3n) is 4.33. The van der Waals surface area contributed by atoms with Crippen molar-refractivity contribution in [2.45, 2.75) is 39.2 Å². The Balaban J connectivity index is 2.28. The smallest absolute Gasteiger partial charge is 0.337 e. The van der Waals surface area contributed by atoms with Crippen molar-refractivity contribution in [2.75, 3.05) is 17.7 Å². The molecule has 0 heterocycles. The first kappa shape index (κ1) is 14.7. The van der Waals surface area contributed by atoms with Crippen LogP contribution in [0.25, 0.3) is 0 Å². The van der Waals surface area contributed by atoms with E-state index in [1.165, 1.54) is 6.42 Å². The number of hydrogen-bond donors (Lipinski definition) is 2. The first-order valence-electron chi connectivity index (χ1n) is 7.24. The third-order valence-corrected chi connectivity index (χ3v) is 4.33. The SMILES string of the molecule is CC1CC(C)CC(N(C)c2ccc(N)cc2C(=O)O)C1. The highest BCUT2D eigenvalue weighted by Gasteiger charge is 2.28. The molecule has 20 heavy (non-hydrogen) atoms. The highest BCUT2D eigenvalue weighted by Crippen LogP contribution is 2.34. The monoisotopic (exact) mass is 276 g/mol. The molecular formula is C16H24N2O2. The summed E-state index contributed by atoms with van der Waals surface area (Å²) in [4.78, 5) is 13.5. The van der Waals surface area contributed by atoms with Crippen molar-refractivity contribution in [1.82, 2.24) is 0 Å². The van der Waals surface area contributed by atoms with Crippen LogP contribution in [-0.4, -0.2) is 24.2 Å². The fourth-order valence-corrected chi connectivity index (χ4v) is 3.45. The van der Waals surface area contributed by atoms with Gasteiger partial charge in [-0.2, -0.15) is 0 Å². The zero-order chi connectivity index (χ0) is 14.9. The van der Waals surface area contributed by atoms with Gasteiger partial charge in [0.05, 0.1) is 11.3 Å². The lowest BCUT2D eigenvalue weighted by Crippen LogP contribution is -2.38. The summed E-state index contributed by atoms with van der Waals surface area (Å²) in [5.41, 5.74) is 7.25. The van der Waals surface area contributed by atoms with Crippen LogP contribution < -0.4 is 10.6 Å². The Bertz CT molecular complexity index is 491. The molecule has 110 valence electrons. The summed E-state index contributed by atoms with van der Waals surface area (Å²) in [6.45, 7) is 4.55. The lowest BCUT2D eigenvalue weighted by molar-refractivity contribution is 0.0697. The van der Waals surface area contributed by atoms with Crippen LogP contribution in [0.4, 0.5) is 11.4 Å². The Labute approximate surface area is 120 Å². The van der Waals surface area contributed by atoms with Gasteiger partial charge in [-0.25, -0.2) is 4.79 Å². The standard InChI is InChI=1S/C16H24N2O2/c1-10-6-11(2)8-13(7-10)18(3)15-5-4-12(17)9-14(15)16(19)20/h4-5,9-11,13H,6-8,17H2,1-3H3,(H,19,20). The maximum atomic E-state index is 11.4. The van der Waals surface area contributed by atoms with E-state index in [-0.39, 0.29) is 0 Å². The highest BCUT2D eigenvalue weighted by atomic mass is 16.4. The molecule has 2 atom stereocenters. The van der Waals surface area contributed by atoms with Gasteiger partial charge in [0.1, 0.15) is 0 Å². The molecule has 4 nitrogen and oxygen atoms in total. The van der Waals surface area contributed by atoms with Crippen LogP contribution in [0.5, 0.6) is 0 Å². The van der Waals surface area contributed by atoms with Crippen molar-refractivity contribution in [3.8, 4) is 0 Å². The second-order valence-electron chi connectivity index (χ2n) is 6.26. The Morgan fingerprint density at radius 3 is 2.40 bits per heavy atom. The van der Waals surface area contributed by atoms with E-state index in [0.717, 1.165) is 18.5 Å². The van der Waals surface area contributed by atoms with Gasteiger partial charge in [-0.15, -0.1) is 0 Å². The Morgan fingerprint density at radius 1 is 1.25 bits per heavy atom. The molecule has 4 heteroatoms. The maximum Gasteiger partial charge on any atom is 0.337 e. The summed E-state index contributed by atoms with van der Waals surface area (Å²) in [5.74, 6) is 0.456. The average molecular weight is 276 g/mol. The van der Waals surface area contributed by atoms with E-state index in [1.807, 2.05) is 13.1 Å². The van der Waals surface area contributed by atoms with Gasteiger partial charge in [0, 0.05) is 18.8 Å². The van der Waals surface area contributed by atoms with Crippen LogP contribution in [0, 0.1) is 11.8 Å². The number of aromatic carboxylic acids is 1. The summed E-state index contributed by atoms with van der Waals surface area (Å²) in [7, 11) is 1.99. The summed E-state index contributed by atoms with van der Waals surface area (Å²) in [6.07, 6.45) is 3.49. The van der Waals surface area contributed by atoms with Crippen molar-refractivity contribution < 1.29 is 9.90 Å². The summed E-state index contributed by atoms with van der Waals surface area (Å²) >= 11 is 0. The summed E-state index contributed by atoms with van der Waals surface area (Å²) < 4.78 is 0. The zero-order valence-corrected chi connectivity index (χ0v) is 12.5. The first-order valence-corrected chi connectivity index (χ1v) is 7.24. The van der Waals surface area contributed by atoms with Gasteiger partial charge < -0.3 is 15.7 Å². The number of hydrogen-bond acceptors (Lipinski definition) is 3. The Morgan fingerprint density at radius 2 is 1.85 bits per heavy atom. The minimum Gasteiger partial charge on any atom is -0.478 e. The van der Waals surface area contributed by atoms with Gasteiger partial charge in [-0.3, -0.25) is 0 Å². The van der Waals surface area contributed by atoms with Gasteiger partial charge in [0.25, 0.3) is 0 Å². The number of nitrogens with zero attached hydrogens (tertiary/aromatic N) is 1. The number of rotatable bonds is 3. The maximum absolute atomic E-state index is 11.4. The lowest BCUT2D eigenvalue weighted by atomic mass is 9.79.